The molecule has 2 aliphatic rings. The van der Waals surface area contributed by atoms with E-state index in [1.54, 1.807) is 13.8 Å². The Kier molecular flexibility index (Phi) is 6.11. The van der Waals surface area contributed by atoms with Gasteiger partial charge in [0.2, 0.25) is 5.91 Å². The molecule has 0 saturated carbocycles. The van der Waals surface area contributed by atoms with Crippen LogP contribution in [0, 0.1) is 0 Å². The first-order valence-electron chi connectivity index (χ1n) is 7.18. The van der Waals surface area contributed by atoms with Crippen molar-refractivity contribution in [3.05, 3.63) is 0 Å². The predicted molar refractivity (Wildman–Crippen MR) is 78.2 cm³/mol. The van der Waals surface area contributed by atoms with Crippen LogP contribution in [0.2, 0.25) is 0 Å². The molecule has 0 aromatic heterocycles. The smallest absolute Gasteiger partial charge is 0.305 e. The molecule has 2 aliphatic heterocycles. The highest BCUT2D eigenvalue weighted by Gasteiger charge is 2.53. The number of methoxy groups -OCH3 is 2. The van der Waals surface area contributed by atoms with Gasteiger partial charge in [-0.05, 0) is 13.8 Å². The molecular weight excluding hydrogens is 330 g/mol. The predicted octanol–water partition coefficient (Wildman–Crippen LogP) is -0.376. The van der Waals surface area contributed by atoms with E-state index in [9.17, 15) is 9.00 Å². The molecule has 23 heavy (non-hydrogen) atoms. The maximum absolute atomic E-state index is 11.6. The number of hydrogen-bond donors (Lipinski definition) is 1. The zero-order chi connectivity index (χ0) is 17.2. The van der Waals surface area contributed by atoms with Crippen LogP contribution in [0.4, 0.5) is 0 Å². The molecule has 0 aromatic rings. The van der Waals surface area contributed by atoms with Gasteiger partial charge in [-0.25, -0.2) is 0 Å². The first kappa shape index (κ1) is 18.7. The summed E-state index contributed by atoms with van der Waals surface area (Å²) in [6.45, 7) is 4.97. The molecule has 9 nitrogen and oxygen atoms in total. The molecule has 134 valence electrons. The Hall–Kier alpha value is -0.620. The number of rotatable bonds is 6. The SMILES string of the molecule is COC(OC)[C@H](NC(C)=O)[C@H]1OC(C)(C)O[C@@H]1[C@H]1COS(=O)O1. The van der Waals surface area contributed by atoms with Crippen LogP contribution < -0.4 is 5.32 Å². The molecule has 5 atom stereocenters. The van der Waals surface area contributed by atoms with Gasteiger partial charge in [0, 0.05) is 21.1 Å². The molecule has 0 aromatic carbocycles. The van der Waals surface area contributed by atoms with Gasteiger partial charge in [-0.2, -0.15) is 4.21 Å². The number of hydrogen-bond acceptors (Lipinski definition) is 8. The van der Waals surface area contributed by atoms with Gasteiger partial charge in [-0.1, -0.05) is 0 Å². The second-order valence-corrected chi connectivity index (χ2v) is 6.59. The highest BCUT2D eigenvalue weighted by atomic mass is 32.2. The van der Waals surface area contributed by atoms with Crippen LogP contribution in [0.3, 0.4) is 0 Å². The van der Waals surface area contributed by atoms with Gasteiger partial charge >= 0.3 is 11.4 Å². The first-order chi connectivity index (χ1) is 10.8. The molecule has 2 saturated heterocycles. The molecule has 0 bridgehead atoms. The Morgan fingerprint density at radius 3 is 2.43 bits per heavy atom. The molecule has 10 heteroatoms. The summed E-state index contributed by atoms with van der Waals surface area (Å²) in [6.07, 6.45) is -2.59. The average Bonchev–Trinajstić information content (AvgIpc) is 3.01. The van der Waals surface area contributed by atoms with E-state index in [-0.39, 0.29) is 12.5 Å². The van der Waals surface area contributed by atoms with Gasteiger partial charge < -0.3 is 24.3 Å². The molecule has 0 aliphatic carbocycles. The van der Waals surface area contributed by atoms with Gasteiger partial charge in [0.25, 0.3) is 0 Å². The molecular formula is C13H23NO8S. The number of nitrogens with one attached hydrogen (secondary N) is 1. The summed E-state index contributed by atoms with van der Waals surface area (Å²) >= 11 is -1.81. The Bertz CT molecular complexity index is 455. The van der Waals surface area contributed by atoms with Crippen LogP contribution in [0.5, 0.6) is 0 Å². The molecule has 0 spiro atoms. The molecule has 0 radical (unpaired) electrons. The van der Waals surface area contributed by atoms with Crippen molar-refractivity contribution >= 4 is 17.3 Å². The van der Waals surface area contributed by atoms with Crippen LogP contribution >= 0.6 is 0 Å². The van der Waals surface area contributed by atoms with Crippen molar-refractivity contribution in [2.24, 2.45) is 0 Å². The molecule has 1 unspecified atom stereocenters. The van der Waals surface area contributed by atoms with E-state index < -0.39 is 47.8 Å². The Morgan fingerprint density at radius 2 is 1.96 bits per heavy atom. The molecule has 1 amide bonds. The lowest BCUT2D eigenvalue weighted by Gasteiger charge is -2.32. The Morgan fingerprint density at radius 1 is 1.30 bits per heavy atom. The largest absolute Gasteiger partial charge is 0.354 e. The van der Waals surface area contributed by atoms with Crippen molar-refractivity contribution in [3.8, 4) is 0 Å². The van der Waals surface area contributed by atoms with E-state index >= 15 is 0 Å². The normalized spacial score (nSPS) is 34.7. The number of ether oxygens (including phenoxy) is 4. The summed E-state index contributed by atoms with van der Waals surface area (Å²) < 4.78 is 43.8. The minimum Gasteiger partial charge on any atom is -0.354 e. The minimum absolute atomic E-state index is 0.102. The van der Waals surface area contributed by atoms with Gasteiger partial charge in [-0.3, -0.25) is 13.2 Å². The van der Waals surface area contributed by atoms with Crippen molar-refractivity contribution in [2.75, 3.05) is 20.8 Å². The summed E-state index contributed by atoms with van der Waals surface area (Å²) in [5.41, 5.74) is 0. The second-order valence-electron chi connectivity index (χ2n) is 5.75. The van der Waals surface area contributed by atoms with Gasteiger partial charge in [0.1, 0.15) is 24.4 Å². The quantitative estimate of drug-likeness (QED) is 0.645. The lowest BCUT2D eigenvalue weighted by atomic mass is 10.0. The molecule has 2 rings (SSSR count). The number of carbonyl (C=O) groups excluding carboxylic acids is 1. The zero-order valence-electron chi connectivity index (χ0n) is 13.8. The fourth-order valence-corrected chi connectivity index (χ4v) is 3.41. The van der Waals surface area contributed by atoms with E-state index in [1.165, 1.54) is 21.1 Å². The monoisotopic (exact) mass is 353 g/mol. The van der Waals surface area contributed by atoms with Gasteiger partial charge in [-0.15, -0.1) is 0 Å². The van der Waals surface area contributed by atoms with Crippen molar-refractivity contribution in [2.45, 2.75) is 57.2 Å². The van der Waals surface area contributed by atoms with E-state index in [0.717, 1.165) is 0 Å². The van der Waals surface area contributed by atoms with Crippen LogP contribution in [-0.2, 0) is 43.5 Å². The summed E-state index contributed by atoms with van der Waals surface area (Å²) in [5, 5.41) is 2.76. The van der Waals surface area contributed by atoms with E-state index in [2.05, 4.69) is 5.32 Å². The maximum atomic E-state index is 11.6. The minimum atomic E-state index is -1.81. The second kappa shape index (κ2) is 7.51. The van der Waals surface area contributed by atoms with Crippen molar-refractivity contribution < 1.29 is 36.3 Å². The summed E-state index contributed by atoms with van der Waals surface area (Å²) in [4.78, 5) is 11.6. The summed E-state index contributed by atoms with van der Waals surface area (Å²) in [7, 11) is 2.92. The standard InChI is InChI=1S/C13H23NO8S/c1-7(15)14-9(12(17-4)18-5)11-10(20-13(2,3)21-11)8-6-19-23(16)22-8/h8-12H,6H2,1-5H3,(H,14,15)/t8-,9-,10-,11-,23?/m1/s1. The van der Waals surface area contributed by atoms with Crippen LogP contribution in [0.1, 0.15) is 20.8 Å². The average molecular weight is 353 g/mol. The van der Waals surface area contributed by atoms with Crippen LogP contribution in [-0.4, -0.2) is 67.4 Å². The van der Waals surface area contributed by atoms with Crippen molar-refractivity contribution in [1.29, 1.82) is 0 Å². The fourth-order valence-electron chi connectivity index (χ4n) is 2.74. The van der Waals surface area contributed by atoms with E-state index in [1.807, 2.05) is 0 Å². The van der Waals surface area contributed by atoms with E-state index in [0.29, 0.717) is 0 Å². The van der Waals surface area contributed by atoms with E-state index in [4.69, 9.17) is 27.3 Å². The van der Waals surface area contributed by atoms with Gasteiger partial charge in [0.05, 0.1) is 6.61 Å². The lowest BCUT2D eigenvalue weighted by molar-refractivity contribution is -0.175. The molecule has 2 heterocycles. The highest BCUT2D eigenvalue weighted by Crippen LogP contribution is 2.35. The third kappa shape index (κ3) is 4.47. The third-order valence-electron chi connectivity index (χ3n) is 3.54. The molecule has 2 fully saturated rings. The topological polar surface area (TPSA) is 102 Å². The maximum Gasteiger partial charge on any atom is 0.305 e. The summed E-state index contributed by atoms with van der Waals surface area (Å²) in [5.74, 6) is -1.18. The molecule has 1 N–H and O–H groups in total. The third-order valence-corrected chi connectivity index (χ3v) is 4.28. The zero-order valence-corrected chi connectivity index (χ0v) is 14.6. The first-order valence-corrected chi connectivity index (χ1v) is 8.18. The summed E-state index contributed by atoms with van der Waals surface area (Å²) in [6, 6.07) is -0.646. The van der Waals surface area contributed by atoms with Crippen molar-refractivity contribution in [3.63, 3.8) is 0 Å². The van der Waals surface area contributed by atoms with Gasteiger partial charge in [0.15, 0.2) is 12.1 Å². The van der Waals surface area contributed by atoms with Crippen LogP contribution in [0.25, 0.3) is 0 Å². The lowest BCUT2D eigenvalue weighted by Crippen LogP contribution is -2.57. The number of amides is 1. The number of carbonyl (C=O) groups is 1. The Labute approximate surface area is 137 Å². The Balaban J connectivity index is 2.25. The van der Waals surface area contributed by atoms with Crippen molar-refractivity contribution in [1.82, 2.24) is 5.32 Å². The fraction of sp³-hybridized carbons (Fsp3) is 0.923. The van der Waals surface area contributed by atoms with Crippen LogP contribution in [0.15, 0.2) is 0 Å². The highest BCUT2D eigenvalue weighted by molar-refractivity contribution is 7.75.